The van der Waals surface area contributed by atoms with E-state index in [-0.39, 0.29) is 5.82 Å². The van der Waals surface area contributed by atoms with Crippen molar-refractivity contribution >= 4 is 15.9 Å². The van der Waals surface area contributed by atoms with Gasteiger partial charge in [-0.2, -0.15) is 0 Å². The minimum absolute atomic E-state index is 0.207. The predicted molar refractivity (Wildman–Crippen MR) is 74.5 cm³/mol. The van der Waals surface area contributed by atoms with Crippen LogP contribution >= 0.6 is 15.9 Å². The van der Waals surface area contributed by atoms with E-state index in [0.717, 1.165) is 18.0 Å². The summed E-state index contributed by atoms with van der Waals surface area (Å²) in [5.74, 6) is 0.542. The lowest BCUT2D eigenvalue weighted by Crippen LogP contribution is -2.25. The van der Waals surface area contributed by atoms with Crippen LogP contribution < -0.4 is 5.32 Å². The van der Waals surface area contributed by atoms with E-state index >= 15 is 0 Å². The van der Waals surface area contributed by atoms with E-state index in [9.17, 15) is 4.39 Å². The third kappa shape index (κ3) is 5.64. The van der Waals surface area contributed by atoms with Crippen LogP contribution in [-0.2, 0) is 6.54 Å². The van der Waals surface area contributed by atoms with Crippen LogP contribution in [-0.4, -0.2) is 6.04 Å². The Morgan fingerprint density at radius 1 is 1.24 bits per heavy atom. The second kappa shape index (κ2) is 7.12. The lowest BCUT2D eigenvalue weighted by Gasteiger charge is -2.15. The molecule has 0 heterocycles. The molecule has 1 aromatic rings. The summed E-state index contributed by atoms with van der Waals surface area (Å²) < 4.78 is 13.6. The zero-order chi connectivity index (χ0) is 12.8. The van der Waals surface area contributed by atoms with Crippen LogP contribution in [0, 0.1) is 11.7 Å². The quantitative estimate of drug-likeness (QED) is 0.815. The minimum Gasteiger partial charge on any atom is -0.310 e. The van der Waals surface area contributed by atoms with Crippen LogP contribution in [0.25, 0.3) is 0 Å². The normalized spacial score (nSPS) is 13.1. The molecule has 0 spiro atoms. The van der Waals surface area contributed by atoms with Gasteiger partial charge in [0.1, 0.15) is 5.82 Å². The Hall–Kier alpha value is -0.410. The van der Waals surface area contributed by atoms with E-state index in [1.807, 2.05) is 12.1 Å². The Morgan fingerprint density at radius 2 is 1.94 bits per heavy atom. The summed E-state index contributed by atoms with van der Waals surface area (Å²) in [7, 11) is 0. The van der Waals surface area contributed by atoms with E-state index in [1.165, 1.54) is 18.9 Å². The molecular formula is C14H21BrFN. The summed E-state index contributed by atoms with van der Waals surface area (Å²) in [4.78, 5) is 0. The van der Waals surface area contributed by atoms with Crippen LogP contribution in [0.3, 0.4) is 0 Å². The molecule has 0 aliphatic carbocycles. The molecule has 1 nitrogen and oxygen atoms in total. The van der Waals surface area contributed by atoms with Gasteiger partial charge in [-0.1, -0.05) is 19.9 Å². The fraction of sp³-hybridized carbons (Fsp3) is 0.571. The summed E-state index contributed by atoms with van der Waals surface area (Å²) in [6.07, 6.45) is 2.42. The van der Waals surface area contributed by atoms with Crippen LogP contribution in [0.5, 0.6) is 0 Å². The van der Waals surface area contributed by atoms with E-state index in [2.05, 4.69) is 42.0 Å². The lowest BCUT2D eigenvalue weighted by molar-refractivity contribution is 0.450. The summed E-state index contributed by atoms with van der Waals surface area (Å²) >= 11 is 3.20. The molecule has 0 fully saturated rings. The summed E-state index contributed by atoms with van der Waals surface area (Å²) in [5, 5.41) is 3.46. The second-order valence-corrected chi connectivity index (χ2v) is 5.86. The van der Waals surface area contributed by atoms with Crippen LogP contribution in [0.2, 0.25) is 0 Å². The van der Waals surface area contributed by atoms with Gasteiger partial charge in [0.2, 0.25) is 0 Å². The molecule has 1 atom stereocenters. The molecule has 96 valence electrons. The molecule has 1 aromatic carbocycles. The van der Waals surface area contributed by atoms with Crippen molar-refractivity contribution in [2.75, 3.05) is 0 Å². The Balaban J connectivity index is 2.36. The monoisotopic (exact) mass is 301 g/mol. The van der Waals surface area contributed by atoms with E-state index in [1.54, 1.807) is 0 Å². The van der Waals surface area contributed by atoms with Crippen molar-refractivity contribution in [1.29, 1.82) is 0 Å². The van der Waals surface area contributed by atoms with Crippen LogP contribution in [0.15, 0.2) is 22.7 Å². The first kappa shape index (κ1) is 14.7. The highest BCUT2D eigenvalue weighted by Crippen LogP contribution is 2.17. The molecule has 0 aliphatic rings. The maximum Gasteiger partial charge on any atom is 0.137 e. The molecular weight excluding hydrogens is 281 g/mol. The van der Waals surface area contributed by atoms with Crippen LogP contribution in [0.1, 0.15) is 39.2 Å². The molecule has 0 amide bonds. The topological polar surface area (TPSA) is 12.0 Å². The zero-order valence-corrected chi connectivity index (χ0v) is 12.3. The number of hydrogen-bond acceptors (Lipinski definition) is 1. The average Bonchev–Trinajstić information content (AvgIpc) is 2.28. The maximum atomic E-state index is 13.0. The molecule has 0 aromatic heterocycles. The number of hydrogen-bond donors (Lipinski definition) is 1. The van der Waals surface area contributed by atoms with Crippen molar-refractivity contribution in [3.8, 4) is 0 Å². The van der Waals surface area contributed by atoms with E-state index in [0.29, 0.717) is 10.5 Å². The molecule has 0 saturated carbocycles. The van der Waals surface area contributed by atoms with Gasteiger partial charge < -0.3 is 5.32 Å². The summed E-state index contributed by atoms with van der Waals surface area (Å²) in [5.41, 5.74) is 1.11. The fourth-order valence-electron chi connectivity index (χ4n) is 1.63. The molecule has 3 heteroatoms. The standard InChI is InChI=1S/C14H21BrFN/c1-10(2)4-5-11(3)17-9-12-6-7-14(16)13(15)8-12/h6-8,10-11,17H,4-5,9H2,1-3H3. The molecule has 1 N–H and O–H groups in total. The van der Waals surface area contributed by atoms with Crippen molar-refractivity contribution < 1.29 is 4.39 Å². The second-order valence-electron chi connectivity index (χ2n) is 5.00. The maximum absolute atomic E-state index is 13.0. The zero-order valence-electron chi connectivity index (χ0n) is 10.8. The smallest absolute Gasteiger partial charge is 0.137 e. The number of rotatable bonds is 6. The Kier molecular flexibility index (Phi) is 6.14. The first-order valence-electron chi connectivity index (χ1n) is 6.16. The van der Waals surface area contributed by atoms with Crippen molar-refractivity contribution in [2.24, 2.45) is 5.92 Å². The molecule has 17 heavy (non-hydrogen) atoms. The van der Waals surface area contributed by atoms with Crippen LogP contribution in [0.4, 0.5) is 4.39 Å². The summed E-state index contributed by atoms with van der Waals surface area (Å²) in [6, 6.07) is 5.65. The van der Waals surface area contributed by atoms with Gasteiger partial charge in [-0.25, -0.2) is 4.39 Å². The number of halogens is 2. The van der Waals surface area contributed by atoms with Gasteiger partial charge in [0, 0.05) is 12.6 Å². The van der Waals surface area contributed by atoms with Gasteiger partial charge in [-0.05, 0) is 59.3 Å². The first-order chi connectivity index (χ1) is 7.99. The SMILES string of the molecule is CC(C)CCC(C)NCc1ccc(F)c(Br)c1. The lowest BCUT2D eigenvalue weighted by atomic mass is 10.0. The molecule has 0 radical (unpaired) electrons. The Labute approximate surface area is 112 Å². The van der Waals surface area contributed by atoms with Gasteiger partial charge in [0.05, 0.1) is 4.47 Å². The molecule has 0 saturated heterocycles. The first-order valence-corrected chi connectivity index (χ1v) is 6.95. The molecule has 0 aliphatic heterocycles. The highest BCUT2D eigenvalue weighted by Gasteiger charge is 2.04. The number of benzene rings is 1. The Morgan fingerprint density at radius 3 is 2.53 bits per heavy atom. The predicted octanol–water partition coefficient (Wildman–Crippen LogP) is 4.50. The van der Waals surface area contributed by atoms with Gasteiger partial charge in [0.15, 0.2) is 0 Å². The van der Waals surface area contributed by atoms with Crippen molar-refractivity contribution in [3.05, 3.63) is 34.1 Å². The van der Waals surface area contributed by atoms with Gasteiger partial charge in [-0.3, -0.25) is 0 Å². The molecule has 0 bridgehead atoms. The Bertz CT molecular complexity index is 352. The molecule has 1 rings (SSSR count). The highest BCUT2D eigenvalue weighted by molar-refractivity contribution is 9.10. The van der Waals surface area contributed by atoms with E-state index < -0.39 is 0 Å². The van der Waals surface area contributed by atoms with Gasteiger partial charge in [-0.15, -0.1) is 0 Å². The van der Waals surface area contributed by atoms with Crippen molar-refractivity contribution in [2.45, 2.75) is 46.2 Å². The minimum atomic E-state index is -0.207. The average molecular weight is 302 g/mol. The van der Waals surface area contributed by atoms with Crippen molar-refractivity contribution in [3.63, 3.8) is 0 Å². The summed E-state index contributed by atoms with van der Waals surface area (Å²) in [6.45, 7) is 7.46. The van der Waals surface area contributed by atoms with Gasteiger partial charge in [0.25, 0.3) is 0 Å². The third-order valence-electron chi connectivity index (χ3n) is 2.82. The third-order valence-corrected chi connectivity index (χ3v) is 3.42. The number of nitrogens with one attached hydrogen (secondary N) is 1. The van der Waals surface area contributed by atoms with Gasteiger partial charge >= 0.3 is 0 Å². The van der Waals surface area contributed by atoms with Crippen molar-refractivity contribution in [1.82, 2.24) is 5.32 Å². The molecule has 1 unspecified atom stereocenters. The fourth-order valence-corrected chi connectivity index (χ4v) is 2.05. The van der Waals surface area contributed by atoms with E-state index in [4.69, 9.17) is 0 Å². The largest absolute Gasteiger partial charge is 0.310 e. The highest BCUT2D eigenvalue weighted by atomic mass is 79.9.